The second kappa shape index (κ2) is 4.84. The summed E-state index contributed by atoms with van der Waals surface area (Å²) in [6.45, 7) is 4.07. The molecule has 0 saturated carbocycles. The first-order chi connectivity index (χ1) is 8.08. The average Bonchev–Trinajstić information content (AvgIpc) is 2.33. The third-order valence-electron chi connectivity index (χ3n) is 2.88. The van der Waals surface area contributed by atoms with E-state index in [1.54, 1.807) is 0 Å². The van der Waals surface area contributed by atoms with E-state index in [1.165, 1.54) is 5.56 Å². The lowest BCUT2D eigenvalue weighted by atomic mass is 9.99. The highest BCUT2D eigenvalue weighted by Crippen LogP contribution is 2.16. The molecular formula is C15H13BrO. The molecule has 2 aromatic rings. The minimum atomic E-state index is 0.0700. The van der Waals surface area contributed by atoms with Gasteiger partial charge in [-0.1, -0.05) is 28.1 Å². The maximum absolute atomic E-state index is 12.2. The smallest absolute Gasteiger partial charge is 0.193 e. The molecule has 2 rings (SSSR count). The van der Waals surface area contributed by atoms with Crippen LogP contribution in [0, 0.1) is 13.8 Å². The number of ketones is 1. The Hall–Kier alpha value is -1.41. The molecule has 0 radical (unpaired) electrons. The molecule has 2 aromatic carbocycles. The second-order valence-corrected chi connectivity index (χ2v) is 5.05. The summed E-state index contributed by atoms with van der Waals surface area (Å²) < 4.78 is 0.981. The largest absolute Gasteiger partial charge is 0.289 e. The molecule has 0 N–H and O–H groups in total. The molecule has 0 atom stereocenters. The standard InChI is InChI=1S/C15H13BrO/c1-10-3-4-13(9-11(10)2)15(17)12-5-7-14(16)8-6-12/h3-9H,1-2H3. The van der Waals surface area contributed by atoms with E-state index in [-0.39, 0.29) is 5.78 Å². The first kappa shape index (κ1) is 12.1. The number of benzene rings is 2. The molecular weight excluding hydrogens is 276 g/mol. The molecule has 0 saturated heterocycles. The van der Waals surface area contributed by atoms with Crippen molar-refractivity contribution in [2.45, 2.75) is 13.8 Å². The van der Waals surface area contributed by atoms with Crippen LogP contribution in [0.5, 0.6) is 0 Å². The molecule has 86 valence electrons. The van der Waals surface area contributed by atoms with Crippen LogP contribution in [0.4, 0.5) is 0 Å². The number of hydrogen-bond acceptors (Lipinski definition) is 1. The van der Waals surface area contributed by atoms with Gasteiger partial charge in [-0.2, -0.15) is 0 Å². The fourth-order valence-electron chi connectivity index (χ4n) is 1.65. The fourth-order valence-corrected chi connectivity index (χ4v) is 1.91. The zero-order valence-electron chi connectivity index (χ0n) is 9.83. The van der Waals surface area contributed by atoms with Crippen LogP contribution in [0.1, 0.15) is 27.0 Å². The van der Waals surface area contributed by atoms with E-state index in [1.807, 2.05) is 56.3 Å². The quantitative estimate of drug-likeness (QED) is 0.753. The van der Waals surface area contributed by atoms with E-state index >= 15 is 0 Å². The Morgan fingerprint density at radius 2 is 1.47 bits per heavy atom. The Morgan fingerprint density at radius 1 is 0.882 bits per heavy atom. The molecule has 2 heteroatoms. The number of carbonyl (C=O) groups excluding carboxylic acids is 1. The molecule has 0 spiro atoms. The van der Waals surface area contributed by atoms with Gasteiger partial charge in [-0.05, 0) is 55.3 Å². The summed E-state index contributed by atoms with van der Waals surface area (Å²) >= 11 is 3.36. The normalized spacial score (nSPS) is 10.3. The van der Waals surface area contributed by atoms with Gasteiger partial charge in [-0.15, -0.1) is 0 Å². The van der Waals surface area contributed by atoms with E-state index in [4.69, 9.17) is 0 Å². The predicted octanol–water partition coefficient (Wildman–Crippen LogP) is 4.30. The number of hydrogen-bond donors (Lipinski definition) is 0. The SMILES string of the molecule is Cc1ccc(C(=O)c2ccc(Br)cc2)cc1C. The van der Waals surface area contributed by atoms with Crippen LogP contribution in [-0.2, 0) is 0 Å². The van der Waals surface area contributed by atoms with Gasteiger partial charge in [-0.3, -0.25) is 4.79 Å². The lowest BCUT2D eigenvalue weighted by molar-refractivity contribution is 0.103. The van der Waals surface area contributed by atoms with Gasteiger partial charge in [0.1, 0.15) is 0 Å². The summed E-state index contributed by atoms with van der Waals surface area (Å²) in [5, 5.41) is 0. The topological polar surface area (TPSA) is 17.1 Å². The van der Waals surface area contributed by atoms with E-state index in [0.717, 1.165) is 21.2 Å². The van der Waals surface area contributed by atoms with Gasteiger partial charge in [0.25, 0.3) is 0 Å². The molecule has 17 heavy (non-hydrogen) atoms. The zero-order chi connectivity index (χ0) is 12.4. The summed E-state index contributed by atoms with van der Waals surface area (Å²) in [7, 11) is 0. The Morgan fingerprint density at radius 3 is 2.06 bits per heavy atom. The second-order valence-electron chi connectivity index (χ2n) is 4.14. The highest BCUT2D eigenvalue weighted by molar-refractivity contribution is 9.10. The molecule has 0 amide bonds. The highest BCUT2D eigenvalue weighted by Gasteiger charge is 2.09. The zero-order valence-corrected chi connectivity index (χ0v) is 11.4. The maximum atomic E-state index is 12.2. The summed E-state index contributed by atoms with van der Waals surface area (Å²) in [5.41, 5.74) is 3.82. The Balaban J connectivity index is 2.37. The van der Waals surface area contributed by atoms with Gasteiger partial charge < -0.3 is 0 Å². The van der Waals surface area contributed by atoms with Gasteiger partial charge in [0.2, 0.25) is 0 Å². The first-order valence-electron chi connectivity index (χ1n) is 5.45. The molecule has 0 heterocycles. The van der Waals surface area contributed by atoms with E-state index in [2.05, 4.69) is 15.9 Å². The number of aryl methyl sites for hydroxylation is 2. The minimum Gasteiger partial charge on any atom is -0.289 e. The van der Waals surface area contributed by atoms with Crippen molar-refractivity contribution in [2.24, 2.45) is 0 Å². The third-order valence-corrected chi connectivity index (χ3v) is 3.40. The average molecular weight is 289 g/mol. The Kier molecular flexibility index (Phi) is 3.43. The van der Waals surface area contributed by atoms with Crippen LogP contribution >= 0.6 is 15.9 Å². The number of carbonyl (C=O) groups is 1. The van der Waals surface area contributed by atoms with Gasteiger partial charge in [0.05, 0.1) is 0 Å². The van der Waals surface area contributed by atoms with Crippen molar-refractivity contribution in [3.63, 3.8) is 0 Å². The van der Waals surface area contributed by atoms with Gasteiger partial charge in [0.15, 0.2) is 5.78 Å². The molecule has 0 fully saturated rings. The fraction of sp³-hybridized carbons (Fsp3) is 0.133. The van der Waals surface area contributed by atoms with Crippen LogP contribution in [-0.4, -0.2) is 5.78 Å². The molecule has 0 aliphatic heterocycles. The van der Waals surface area contributed by atoms with E-state index in [9.17, 15) is 4.79 Å². The van der Waals surface area contributed by atoms with E-state index < -0.39 is 0 Å². The summed E-state index contributed by atoms with van der Waals surface area (Å²) in [5.74, 6) is 0.0700. The highest BCUT2D eigenvalue weighted by atomic mass is 79.9. The summed E-state index contributed by atoms with van der Waals surface area (Å²) in [4.78, 5) is 12.2. The van der Waals surface area contributed by atoms with Gasteiger partial charge in [-0.25, -0.2) is 0 Å². The van der Waals surface area contributed by atoms with Crippen LogP contribution in [0.25, 0.3) is 0 Å². The van der Waals surface area contributed by atoms with Crippen molar-refractivity contribution >= 4 is 21.7 Å². The summed E-state index contributed by atoms with van der Waals surface area (Å²) in [6.07, 6.45) is 0. The van der Waals surface area contributed by atoms with Crippen molar-refractivity contribution in [1.29, 1.82) is 0 Å². The Bertz CT molecular complexity index is 556. The first-order valence-corrected chi connectivity index (χ1v) is 6.25. The van der Waals surface area contributed by atoms with Crippen molar-refractivity contribution in [3.05, 3.63) is 69.2 Å². The molecule has 0 aliphatic rings. The van der Waals surface area contributed by atoms with Crippen molar-refractivity contribution in [2.75, 3.05) is 0 Å². The minimum absolute atomic E-state index is 0.0700. The van der Waals surface area contributed by atoms with E-state index in [0.29, 0.717) is 0 Å². The van der Waals surface area contributed by atoms with Crippen LogP contribution < -0.4 is 0 Å². The predicted molar refractivity (Wildman–Crippen MR) is 73.5 cm³/mol. The van der Waals surface area contributed by atoms with Crippen LogP contribution in [0.15, 0.2) is 46.9 Å². The third kappa shape index (κ3) is 2.64. The molecule has 1 nitrogen and oxygen atoms in total. The number of halogens is 1. The summed E-state index contributed by atoms with van der Waals surface area (Å²) in [6, 6.07) is 13.2. The van der Waals surface area contributed by atoms with Crippen LogP contribution in [0.3, 0.4) is 0 Å². The molecule has 0 unspecified atom stereocenters. The van der Waals surface area contributed by atoms with Crippen LogP contribution in [0.2, 0.25) is 0 Å². The Labute approximate surface area is 110 Å². The molecule has 0 bridgehead atoms. The monoisotopic (exact) mass is 288 g/mol. The van der Waals surface area contributed by atoms with Crippen molar-refractivity contribution < 1.29 is 4.79 Å². The lowest BCUT2D eigenvalue weighted by Crippen LogP contribution is -2.01. The van der Waals surface area contributed by atoms with Crippen molar-refractivity contribution in [3.8, 4) is 0 Å². The number of rotatable bonds is 2. The lowest BCUT2D eigenvalue weighted by Gasteiger charge is -2.05. The van der Waals surface area contributed by atoms with Crippen molar-refractivity contribution in [1.82, 2.24) is 0 Å². The molecule has 0 aromatic heterocycles. The maximum Gasteiger partial charge on any atom is 0.193 e. The van der Waals surface area contributed by atoms with Gasteiger partial charge >= 0.3 is 0 Å². The molecule has 0 aliphatic carbocycles. The van der Waals surface area contributed by atoms with Gasteiger partial charge in [0, 0.05) is 15.6 Å².